The molecule has 0 spiro atoms. The van der Waals surface area contributed by atoms with Crippen molar-refractivity contribution in [1.29, 1.82) is 0 Å². The fourth-order valence-corrected chi connectivity index (χ4v) is 4.09. The van der Waals surface area contributed by atoms with Crippen LogP contribution in [0.1, 0.15) is 34.6 Å². The number of amides is 1. The predicted octanol–water partition coefficient (Wildman–Crippen LogP) is 2.81. The highest BCUT2D eigenvalue weighted by Crippen LogP contribution is 2.24. The van der Waals surface area contributed by atoms with Crippen LogP contribution in [-0.2, 0) is 0 Å². The molecule has 0 aliphatic heterocycles. The number of pyridine rings is 1. The third-order valence-corrected chi connectivity index (χ3v) is 5.63. The minimum Gasteiger partial charge on any atom is -0.381 e. The number of anilines is 1. The third kappa shape index (κ3) is 3.39. The molecule has 3 N–H and O–H groups in total. The monoisotopic (exact) mass is 439 g/mol. The van der Waals surface area contributed by atoms with E-state index in [1.54, 1.807) is 4.57 Å². The predicted molar refractivity (Wildman–Crippen MR) is 125 cm³/mol. The number of nitrogens with one attached hydrogen (secondary N) is 1. The molecule has 9 nitrogen and oxygen atoms in total. The average molecular weight is 439 g/mol. The Morgan fingerprint density at radius 1 is 1.09 bits per heavy atom. The van der Waals surface area contributed by atoms with Crippen LogP contribution in [0.4, 0.5) is 5.82 Å². The first-order valence-corrected chi connectivity index (χ1v) is 10.4. The Balaban J connectivity index is 1.64. The number of hydrogen-bond donors (Lipinski definition) is 2. The minimum atomic E-state index is -0.527. The van der Waals surface area contributed by atoms with Crippen LogP contribution < -0.4 is 16.6 Å². The van der Waals surface area contributed by atoms with Crippen molar-refractivity contribution in [2.45, 2.75) is 19.9 Å². The Bertz CT molecular complexity index is 1570. The first-order chi connectivity index (χ1) is 16.0. The normalized spacial score (nSPS) is 12.2. The molecule has 1 amide bonds. The minimum absolute atomic E-state index is 0.0282. The maximum Gasteiger partial charge on any atom is 0.263 e. The number of nitrogens with two attached hydrogens (primary N) is 1. The van der Waals surface area contributed by atoms with Gasteiger partial charge in [-0.15, -0.1) is 9.73 Å². The highest BCUT2D eigenvalue weighted by Gasteiger charge is 2.24. The summed E-state index contributed by atoms with van der Waals surface area (Å²) in [6, 6.07) is 16.5. The van der Waals surface area contributed by atoms with Crippen molar-refractivity contribution < 1.29 is 4.79 Å². The summed E-state index contributed by atoms with van der Waals surface area (Å²) >= 11 is 0. The second kappa shape index (κ2) is 7.86. The van der Waals surface area contributed by atoms with E-state index >= 15 is 0 Å². The molecule has 3 heterocycles. The van der Waals surface area contributed by atoms with Crippen molar-refractivity contribution >= 4 is 28.1 Å². The van der Waals surface area contributed by atoms with Crippen LogP contribution in [0.5, 0.6) is 0 Å². The van der Waals surface area contributed by atoms with E-state index in [1.807, 2.05) is 68.4 Å². The van der Waals surface area contributed by atoms with E-state index in [9.17, 15) is 9.59 Å². The summed E-state index contributed by atoms with van der Waals surface area (Å²) in [6.45, 7) is 3.74. The van der Waals surface area contributed by atoms with Gasteiger partial charge in [-0.2, -0.15) is 5.10 Å². The Kier molecular flexibility index (Phi) is 4.86. The van der Waals surface area contributed by atoms with E-state index in [4.69, 9.17) is 5.73 Å². The molecule has 0 aliphatic carbocycles. The van der Waals surface area contributed by atoms with Crippen molar-refractivity contribution in [3.8, 4) is 5.69 Å². The van der Waals surface area contributed by atoms with Crippen molar-refractivity contribution in [2.24, 2.45) is 0 Å². The molecule has 0 fully saturated rings. The molecule has 0 unspecified atom stereocenters. The highest BCUT2D eigenvalue weighted by atomic mass is 16.2. The maximum atomic E-state index is 13.6. The molecule has 1 atom stereocenters. The zero-order valence-electron chi connectivity index (χ0n) is 18.1. The fourth-order valence-electron chi connectivity index (χ4n) is 4.09. The lowest BCUT2D eigenvalue weighted by atomic mass is 10.0. The van der Waals surface area contributed by atoms with E-state index in [-0.39, 0.29) is 22.6 Å². The number of fused-ring (bicyclic) bond motifs is 2. The van der Waals surface area contributed by atoms with E-state index in [0.29, 0.717) is 16.8 Å². The molecule has 9 heteroatoms. The summed E-state index contributed by atoms with van der Waals surface area (Å²) < 4.78 is 2.85. The second-order valence-corrected chi connectivity index (χ2v) is 7.80. The molecule has 0 bridgehead atoms. The number of nitrogen functional groups attached to an aromatic ring is 1. The van der Waals surface area contributed by atoms with Crippen LogP contribution in [0.15, 0.2) is 71.8 Å². The molecular formula is C24H21N7O2. The quantitative estimate of drug-likeness (QED) is 0.444. The highest BCUT2D eigenvalue weighted by molar-refractivity contribution is 6.04. The van der Waals surface area contributed by atoms with Gasteiger partial charge in [-0.05, 0) is 43.0 Å². The topological polar surface area (TPSA) is 120 Å². The summed E-state index contributed by atoms with van der Waals surface area (Å²) in [6.07, 6.45) is 2.93. The number of aryl methyl sites for hydroxylation is 1. The van der Waals surface area contributed by atoms with Gasteiger partial charge in [0.15, 0.2) is 11.5 Å². The zero-order chi connectivity index (χ0) is 23.1. The van der Waals surface area contributed by atoms with Crippen LogP contribution in [0.2, 0.25) is 0 Å². The van der Waals surface area contributed by atoms with Crippen molar-refractivity contribution in [1.82, 2.24) is 29.7 Å². The van der Waals surface area contributed by atoms with Gasteiger partial charge in [0.2, 0.25) is 0 Å². The van der Waals surface area contributed by atoms with Crippen LogP contribution in [0, 0.1) is 6.92 Å². The smallest absolute Gasteiger partial charge is 0.263 e. The Morgan fingerprint density at radius 2 is 1.88 bits per heavy atom. The molecule has 0 aliphatic rings. The van der Waals surface area contributed by atoms with Crippen molar-refractivity contribution in [3.05, 3.63) is 94.2 Å². The largest absolute Gasteiger partial charge is 0.381 e. The third-order valence-electron chi connectivity index (χ3n) is 5.63. The molecule has 2 aromatic carbocycles. The van der Waals surface area contributed by atoms with E-state index in [2.05, 4.69) is 20.5 Å². The van der Waals surface area contributed by atoms with Crippen LogP contribution >= 0.6 is 0 Å². The van der Waals surface area contributed by atoms with Gasteiger partial charge < -0.3 is 11.1 Å². The number of carbonyl (C=O) groups excluding carboxylic acids is 1. The fraction of sp³-hybridized carbons (Fsp3) is 0.125. The molecule has 164 valence electrons. The number of hydrogen-bond acceptors (Lipinski definition) is 6. The molecule has 5 rings (SSSR count). The number of nitrogens with zero attached hydrogens (tertiary/aromatic N) is 5. The number of para-hydroxylation sites is 1. The lowest BCUT2D eigenvalue weighted by Gasteiger charge is -2.21. The van der Waals surface area contributed by atoms with Gasteiger partial charge >= 0.3 is 0 Å². The first-order valence-electron chi connectivity index (χ1n) is 10.4. The zero-order valence-corrected chi connectivity index (χ0v) is 18.1. The Labute approximate surface area is 188 Å². The molecule has 3 aromatic heterocycles. The summed E-state index contributed by atoms with van der Waals surface area (Å²) in [5.41, 5.74) is 8.47. The summed E-state index contributed by atoms with van der Waals surface area (Å²) in [4.78, 5) is 31.0. The summed E-state index contributed by atoms with van der Waals surface area (Å²) in [5.74, 6) is -0.424. The van der Waals surface area contributed by atoms with Crippen LogP contribution in [0.3, 0.4) is 0 Å². The van der Waals surface area contributed by atoms with Gasteiger partial charge in [-0.3, -0.25) is 14.2 Å². The van der Waals surface area contributed by atoms with E-state index in [0.717, 1.165) is 10.9 Å². The Morgan fingerprint density at radius 3 is 2.67 bits per heavy atom. The van der Waals surface area contributed by atoms with Gasteiger partial charge in [-0.1, -0.05) is 36.4 Å². The molecular weight excluding hydrogens is 418 g/mol. The van der Waals surface area contributed by atoms with Crippen molar-refractivity contribution in [3.63, 3.8) is 0 Å². The second-order valence-electron chi connectivity index (χ2n) is 7.80. The number of benzene rings is 2. The van der Waals surface area contributed by atoms with Gasteiger partial charge in [0.25, 0.3) is 11.5 Å². The van der Waals surface area contributed by atoms with Gasteiger partial charge in [-0.25, -0.2) is 4.98 Å². The average Bonchev–Trinajstić information content (AvgIpc) is 3.15. The summed E-state index contributed by atoms with van der Waals surface area (Å²) in [5, 5.41) is 12.5. The molecule has 33 heavy (non-hydrogen) atoms. The van der Waals surface area contributed by atoms with Gasteiger partial charge in [0, 0.05) is 17.6 Å². The van der Waals surface area contributed by atoms with E-state index in [1.165, 1.54) is 17.0 Å². The SMILES string of the molecule is Cc1cccc2cc([C@H](C)NC(=O)c3c(N)nn4nccnc34)n(-c3ccccc3)c(=O)c12. The summed E-state index contributed by atoms with van der Waals surface area (Å²) in [7, 11) is 0. The van der Waals surface area contributed by atoms with E-state index < -0.39 is 11.9 Å². The van der Waals surface area contributed by atoms with Gasteiger partial charge in [0.1, 0.15) is 5.56 Å². The number of carbonyl (C=O) groups is 1. The first kappa shape index (κ1) is 20.4. The lowest BCUT2D eigenvalue weighted by Crippen LogP contribution is -2.32. The standard InChI is InChI=1S/C24H21N7O2/c1-14-7-6-8-16-13-18(30(24(33)19(14)16)17-9-4-3-5-10-17)15(2)28-23(32)20-21(25)29-31-22(20)26-11-12-27-31/h3-13,15H,1-2H3,(H2,25,29)(H,28,32)/t15-/m0/s1. The molecule has 0 saturated heterocycles. The van der Waals surface area contributed by atoms with Crippen molar-refractivity contribution in [2.75, 3.05) is 5.73 Å². The van der Waals surface area contributed by atoms with Crippen LogP contribution in [-0.4, -0.2) is 30.3 Å². The van der Waals surface area contributed by atoms with Crippen LogP contribution in [0.25, 0.3) is 22.1 Å². The Hall–Kier alpha value is -4.53. The number of aromatic nitrogens is 5. The molecule has 0 radical (unpaired) electrons. The lowest BCUT2D eigenvalue weighted by molar-refractivity contribution is 0.0941. The van der Waals surface area contributed by atoms with Gasteiger partial charge in [0.05, 0.1) is 17.6 Å². The molecule has 5 aromatic rings. The number of rotatable bonds is 4. The maximum absolute atomic E-state index is 13.6. The molecule has 0 saturated carbocycles.